The average Bonchev–Trinajstić information content (AvgIpc) is 2.88. The number of carbonyl (C=O) groups excluding carboxylic acids is 1. The molecule has 5 heteroatoms. The Balaban J connectivity index is 1.67. The standard InChI is InChI=1S/C22H24N2O2S/c1-26-17-2-3-18(15(9-17)12-25)14-8-16-13-27-7-6-24-21-4-5-23-11-20(21)19(10-14)22(16)24/h2-3,8-10,12,20-21,23H,4-7,11,13H2,1H3/t20-,21-/m0/s1. The van der Waals surface area contributed by atoms with Crippen molar-refractivity contribution in [3.05, 3.63) is 47.0 Å². The van der Waals surface area contributed by atoms with Crippen LogP contribution in [0.25, 0.3) is 11.1 Å². The van der Waals surface area contributed by atoms with Crippen LogP contribution in [0.4, 0.5) is 5.69 Å². The number of nitrogens with one attached hydrogen (secondary N) is 1. The largest absolute Gasteiger partial charge is 0.497 e. The van der Waals surface area contributed by atoms with E-state index in [4.69, 9.17) is 4.74 Å². The molecule has 2 atom stereocenters. The molecule has 0 radical (unpaired) electrons. The molecule has 4 nitrogen and oxygen atoms in total. The Morgan fingerprint density at radius 2 is 2.22 bits per heavy atom. The Hall–Kier alpha value is -1.98. The number of hydrogen-bond donors (Lipinski definition) is 1. The predicted molar refractivity (Wildman–Crippen MR) is 111 cm³/mol. The molecular formula is C22H24N2O2S. The fraction of sp³-hybridized carbons (Fsp3) is 0.409. The van der Waals surface area contributed by atoms with Gasteiger partial charge in [0.15, 0.2) is 6.29 Å². The SMILES string of the molecule is COc1ccc(-c2cc3c4c(c2)[C@@H]2CNCC[C@@H]2N4CCSC3)c(C=O)c1. The first-order valence-electron chi connectivity index (χ1n) is 9.65. The van der Waals surface area contributed by atoms with Crippen molar-refractivity contribution in [1.29, 1.82) is 0 Å². The van der Waals surface area contributed by atoms with Gasteiger partial charge in [-0.3, -0.25) is 4.79 Å². The molecule has 0 aliphatic carbocycles. The van der Waals surface area contributed by atoms with Crippen LogP contribution in [0.5, 0.6) is 5.75 Å². The number of hydrogen-bond acceptors (Lipinski definition) is 5. The predicted octanol–water partition coefficient (Wildman–Crippen LogP) is 3.69. The zero-order chi connectivity index (χ0) is 18.4. The lowest BCUT2D eigenvalue weighted by molar-refractivity contribution is 0.112. The number of anilines is 1. The van der Waals surface area contributed by atoms with Gasteiger partial charge in [0.2, 0.25) is 0 Å². The summed E-state index contributed by atoms with van der Waals surface area (Å²) in [6.45, 7) is 3.30. The van der Waals surface area contributed by atoms with E-state index in [0.29, 0.717) is 17.5 Å². The molecule has 3 aliphatic rings. The second-order valence-electron chi connectivity index (χ2n) is 7.56. The molecule has 0 saturated carbocycles. The summed E-state index contributed by atoms with van der Waals surface area (Å²) in [6.07, 6.45) is 2.15. The number of benzene rings is 2. The molecule has 2 aromatic rings. The van der Waals surface area contributed by atoms with E-state index < -0.39 is 0 Å². The maximum absolute atomic E-state index is 11.7. The van der Waals surface area contributed by atoms with Crippen LogP contribution in [0, 0.1) is 0 Å². The van der Waals surface area contributed by atoms with Crippen molar-refractivity contribution >= 4 is 23.7 Å². The van der Waals surface area contributed by atoms with E-state index >= 15 is 0 Å². The van der Waals surface area contributed by atoms with Crippen LogP contribution in [0.2, 0.25) is 0 Å². The van der Waals surface area contributed by atoms with Crippen molar-refractivity contribution in [3.63, 3.8) is 0 Å². The molecule has 1 N–H and O–H groups in total. The highest BCUT2D eigenvalue weighted by atomic mass is 32.2. The van der Waals surface area contributed by atoms with Gasteiger partial charge in [-0.1, -0.05) is 0 Å². The molecule has 1 saturated heterocycles. The number of carbonyl (C=O) groups is 1. The van der Waals surface area contributed by atoms with Gasteiger partial charge in [-0.25, -0.2) is 0 Å². The molecule has 0 unspecified atom stereocenters. The smallest absolute Gasteiger partial charge is 0.150 e. The number of rotatable bonds is 3. The van der Waals surface area contributed by atoms with Gasteiger partial charge in [0.1, 0.15) is 5.75 Å². The lowest BCUT2D eigenvalue weighted by Gasteiger charge is -2.33. The van der Waals surface area contributed by atoms with Crippen molar-refractivity contribution in [1.82, 2.24) is 5.32 Å². The monoisotopic (exact) mass is 380 g/mol. The molecule has 2 aromatic carbocycles. The van der Waals surface area contributed by atoms with Gasteiger partial charge >= 0.3 is 0 Å². The van der Waals surface area contributed by atoms with Gasteiger partial charge in [0, 0.05) is 47.8 Å². The summed E-state index contributed by atoms with van der Waals surface area (Å²) in [7, 11) is 1.63. The van der Waals surface area contributed by atoms with Crippen LogP contribution in [-0.4, -0.2) is 44.8 Å². The van der Waals surface area contributed by atoms with Crippen LogP contribution in [-0.2, 0) is 5.75 Å². The molecule has 5 rings (SSSR count). The molecule has 0 bridgehead atoms. The first-order valence-corrected chi connectivity index (χ1v) is 10.8. The Kier molecular flexibility index (Phi) is 4.37. The molecule has 27 heavy (non-hydrogen) atoms. The number of nitrogens with zero attached hydrogens (tertiary/aromatic N) is 1. The van der Waals surface area contributed by atoms with Crippen LogP contribution in [0.15, 0.2) is 30.3 Å². The third-order valence-electron chi connectivity index (χ3n) is 6.18. The van der Waals surface area contributed by atoms with Crippen LogP contribution >= 0.6 is 11.8 Å². The second-order valence-corrected chi connectivity index (χ2v) is 8.66. The van der Waals surface area contributed by atoms with Crippen molar-refractivity contribution in [2.24, 2.45) is 0 Å². The van der Waals surface area contributed by atoms with Gasteiger partial charge in [-0.15, -0.1) is 0 Å². The lowest BCUT2D eigenvalue weighted by atomic mass is 9.87. The maximum atomic E-state index is 11.7. The normalized spacial score (nSPS) is 23.4. The number of thioether (sulfide) groups is 1. The van der Waals surface area contributed by atoms with Crippen molar-refractivity contribution in [2.75, 3.05) is 37.4 Å². The first-order chi connectivity index (χ1) is 13.3. The van der Waals surface area contributed by atoms with E-state index in [1.807, 2.05) is 30.0 Å². The Morgan fingerprint density at radius 1 is 1.30 bits per heavy atom. The quantitative estimate of drug-likeness (QED) is 0.823. The third kappa shape index (κ3) is 2.75. The minimum Gasteiger partial charge on any atom is -0.497 e. The topological polar surface area (TPSA) is 41.6 Å². The highest BCUT2D eigenvalue weighted by Gasteiger charge is 2.41. The zero-order valence-corrected chi connectivity index (χ0v) is 16.3. The van der Waals surface area contributed by atoms with Gasteiger partial charge in [0.05, 0.1) is 7.11 Å². The Morgan fingerprint density at radius 3 is 3.07 bits per heavy atom. The van der Waals surface area contributed by atoms with E-state index in [0.717, 1.165) is 48.5 Å². The molecule has 3 heterocycles. The number of aldehydes is 1. The van der Waals surface area contributed by atoms with E-state index in [1.165, 1.54) is 29.0 Å². The number of fused-ring (bicyclic) bond motifs is 3. The second kappa shape index (κ2) is 6.88. The van der Waals surface area contributed by atoms with Crippen molar-refractivity contribution in [2.45, 2.75) is 24.1 Å². The molecule has 1 fully saturated rings. The highest BCUT2D eigenvalue weighted by Crippen LogP contribution is 2.49. The highest BCUT2D eigenvalue weighted by molar-refractivity contribution is 7.98. The fourth-order valence-electron chi connectivity index (χ4n) is 4.97. The van der Waals surface area contributed by atoms with Crippen molar-refractivity contribution < 1.29 is 9.53 Å². The molecule has 0 amide bonds. The van der Waals surface area contributed by atoms with Gasteiger partial charge < -0.3 is 15.0 Å². The molecule has 0 spiro atoms. The van der Waals surface area contributed by atoms with E-state index in [9.17, 15) is 4.79 Å². The lowest BCUT2D eigenvalue weighted by Crippen LogP contribution is -2.44. The van der Waals surface area contributed by atoms with Gasteiger partial charge in [0.25, 0.3) is 0 Å². The van der Waals surface area contributed by atoms with E-state index in [-0.39, 0.29) is 0 Å². The maximum Gasteiger partial charge on any atom is 0.150 e. The minimum absolute atomic E-state index is 0.550. The molecule has 140 valence electrons. The Bertz CT molecular complexity index is 898. The zero-order valence-electron chi connectivity index (χ0n) is 15.5. The molecular weight excluding hydrogens is 356 g/mol. The minimum atomic E-state index is 0.550. The summed E-state index contributed by atoms with van der Waals surface area (Å²) in [5, 5.41) is 3.59. The first kappa shape index (κ1) is 17.1. The van der Waals surface area contributed by atoms with Gasteiger partial charge in [-0.2, -0.15) is 11.8 Å². The van der Waals surface area contributed by atoms with Crippen LogP contribution in [0.3, 0.4) is 0 Å². The molecule has 0 aromatic heterocycles. The summed E-state index contributed by atoms with van der Waals surface area (Å²) in [5.41, 5.74) is 7.21. The van der Waals surface area contributed by atoms with Gasteiger partial charge in [-0.05, 0) is 65.6 Å². The fourth-order valence-corrected chi connectivity index (χ4v) is 5.88. The van der Waals surface area contributed by atoms with Crippen molar-refractivity contribution in [3.8, 4) is 16.9 Å². The summed E-state index contributed by atoms with van der Waals surface area (Å²) >= 11 is 2.02. The third-order valence-corrected chi connectivity index (χ3v) is 7.17. The van der Waals surface area contributed by atoms with Crippen LogP contribution < -0.4 is 15.0 Å². The number of ether oxygens (including phenoxy) is 1. The summed E-state index contributed by atoms with van der Waals surface area (Å²) in [5.74, 6) is 3.50. The number of piperidine rings is 1. The Labute approximate surface area is 164 Å². The summed E-state index contributed by atoms with van der Waals surface area (Å²) in [4.78, 5) is 14.4. The number of methoxy groups -OCH3 is 1. The molecule has 3 aliphatic heterocycles. The van der Waals surface area contributed by atoms with E-state index in [2.05, 4.69) is 22.3 Å². The summed E-state index contributed by atoms with van der Waals surface area (Å²) < 4.78 is 5.30. The van der Waals surface area contributed by atoms with E-state index in [1.54, 1.807) is 7.11 Å². The summed E-state index contributed by atoms with van der Waals surface area (Å²) in [6, 6.07) is 11.1. The average molecular weight is 381 g/mol. The van der Waals surface area contributed by atoms with Crippen LogP contribution in [0.1, 0.15) is 33.8 Å².